The maximum atomic E-state index is 14.0. The minimum atomic E-state index is -3.22. The number of alkyl halides is 2. The van der Waals surface area contributed by atoms with Gasteiger partial charge in [0.15, 0.2) is 0 Å². The number of hydrogen-bond donors (Lipinski definition) is 0. The topological polar surface area (TPSA) is 55.8 Å². The van der Waals surface area contributed by atoms with Gasteiger partial charge in [-0.15, -0.1) is 0 Å². The third-order valence-corrected chi connectivity index (χ3v) is 3.30. The van der Waals surface area contributed by atoms with Gasteiger partial charge in [-0.05, 0) is 27.7 Å². The van der Waals surface area contributed by atoms with Gasteiger partial charge in [-0.2, -0.15) is 0 Å². The van der Waals surface area contributed by atoms with E-state index in [1.54, 1.807) is 20.8 Å². The minimum absolute atomic E-state index is 0.158. The summed E-state index contributed by atoms with van der Waals surface area (Å²) in [7, 11) is 1.05. The lowest BCUT2D eigenvalue weighted by atomic mass is 9.78. The molecule has 1 unspecified atom stereocenters. The summed E-state index contributed by atoms with van der Waals surface area (Å²) < 4.78 is 37.6. The molecule has 1 rings (SSSR count). The molecule has 116 valence electrons. The van der Waals surface area contributed by atoms with Crippen molar-refractivity contribution in [1.82, 2.24) is 4.90 Å². The Hall–Kier alpha value is -1.40. The van der Waals surface area contributed by atoms with Gasteiger partial charge in [0.2, 0.25) is 0 Å². The number of piperidine rings is 1. The molecule has 0 N–H and O–H groups in total. The predicted molar refractivity (Wildman–Crippen MR) is 67.5 cm³/mol. The molecule has 0 aromatic heterocycles. The molecule has 0 aliphatic carbocycles. The molecular formula is C13H21F2NO4. The van der Waals surface area contributed by atoms with E-state index < -0.39 is 42.0 Å². The molecule has 1 atom stereocenters. The van der Waals surface area contributed by atoms with Gasteiger partial charge in [-0.1, -0.05) is 0 Å². The van der Waals surface area contributed by atoms with Crippen molar-refractivity contribution in [2.45, 2.75) is 45.6 Å². The lowest BCUT2D eigenvalue weighted by molar-refractivity contribution is -0.193. The van der Waals surface area contributed by atoms with Crippen molar-refractivity contribution < 1.29 is 27.8 Å². The first kappa shape index (κ1) is 16.7. The third-order valence-electron chi connectivity index (χ3n) is 3.30. The highest BCUT2D eigenvalue weighted by molar-refractivity contribution is 5.79. The zero-order chi connectivity index (χ0) is 15.8. The zero-order valence-corrected chi connectivity index (χ0v) is 12.5. The maximum absolute atomic E-state index is 14.0. The average molecular weight is 293 g/mol. The van der Waals surface area contributed by atoms with E-state index in [9.17, 15) is 18.4 Å². The molecule has 1 aliphatic heterocycles. The molecule has 1 aliphatic rings. The van der Waals surface area contributed by atoms with Crippen LogP contribution < -0.4 is 0 Å². The van der Waals surface area contributed by atoms with Crippen LogP contribution in [-0.2, 0) is 14.3 Å². The van der Waals surface area contributed by atoms with Crippen molar-refractivity contribution in [3.8, 4) is 0 Å². The Morgan fingerprint density at radius 2 is 1.80 bits per heavy atom. The van der Waals surface area contributed by atoms with Crippen LogP contribution in [0.15, 0.2) is 0 Å². The van der Waals surface area contributed by atoms with Gasteiger partial charge in [-0.3, -0.25) is 4.79 Å². The van der Waals surface area contributed by atoms with Crippen LogP contribution in [0.2, 0.25) is 0 Å². The molecule has 5 nitrogen and oxygen atoms in total. The van der Waals surface area contributed by atoms with E-state index >= 15 is 0 Å². The fourth-order valence-corrected chi connectivity index (χ4v) is 2.05. The van der Waals surface area contributed by atoms with E-state index in [1.165, 1.54) is 0 Å². The fraction of sp³-hybridized carbons (Fsp3) is 0.846. The molecule has 0 radical (unpaired) electrons. The fourth-order valence-electron chi connectivity index (χ4n) is 2.05. The Labute approximate surface area is 117 Å². The molecule has 0 aromatic rings. The van der Waals surface area contributed by atoms with Crippen LogP contribution in [0.5, 0.6) is 0 Å². The number of halogens is 2. The smallest absolute Gasteiger partial charge is 0.410 e. The van der Waals surface area contributed by atoms with E-state index in [-0.39, 0.29) is 6.54 Å². The average Bonchev–Trinajstić information content (AvgIpc) is 2.29. The summed E-state index contributed by atoms with van der Waals surface area (Å²) in [6.07, 6.45) is -1.30. The van der Waals surface area contributed by atoms with Crippen molar-refractivity contribution in [3.63, 3.8) is 0 Å². The zero-order valence-electron chi connectivity index (χ0n) is 12.5. The van der Waals surface area contributed by atoms with E-state index in [1.807, 2.05) is 0 Å². The molecule has 1 heterocycles. The van der Waals surface area contributed by atoms with Gasteiger partial charge < -0.3 is 14.4 Å². The van der Waals surface area contributed by atoms with Gasteiger partial charge in [0.1, 0.15) is 11.0 Å². The molecule has 0 aromatic carbocycles. The van der Waals surface area contributed by atoms with Crippen LogP contribution in [0, 0.1) is 5.41 Å². The molecule has 1 fully saturated rings. The first-order valence-corrected chi connectivity index (χ1v) is 6.37. The van der Waals surface area contributed by atoms with Gasteiger partial charge in [0.05, 0.1) is 7.11 Å². The Balaban J connectivity index is 2.92. The third kappa shape index (κ3) is 3.19. The number of nitrogens with zero attached hydrogens (tertiary/aromatic N) is 1. The molecule has 0 bridgehead atoms. The number of carbonyl (C=O) groups is 2. The number of rotatable bonds is 1. The van der Waals surface area contributed by atoms with Gasteiger partial charge >= 0.3 is 12.1 Å². The van der Waals surface area contributed by atoms with E-state index in [0.717, 1.165) is 18.9 Å². The number of ether oxygens (including phenoxy) is 2. The summed E-state index contributed by atoms with van der Waals surface area (Å²) in [6, 6.07) is 0. The van der Waals surface area contributed by atoms with Crippen molar-refractivity contribution in [2.75, 3.05) is 20.2 Å². The lowest BCUT2D eigenvalue weighted by Gasteiger charge is -2.43. The van der Waals surface area contributed by atoms with Gasteiger partial charge in [0, 0.05) is 19.5 Å². The SMILES string of the molecule is COC(=O)C1(C)CN(C(=O)OC(C)(C)C)CCC1(F)F. The quantitative estimate of drug-likeness (QED) is 0.697. The number of esters is 1. The molecule has 7 heteroatoms. The summed E-state index contributed by atoms with van der Waals surface area (Å²) in [4.78, 5) is 24.7. The van der Waals surface area contributed by atoms with Gasteiger partial charge in [0.25, 0.3) is 5.92 Å². The molecule has 1 amide bonds. The monoisotopic (exact) mass is 293 g/mol. The highest BCUT2D eigenvalue weighted by Gasteiger charge is 2.60. The van der Waals surface area contributed by atoms with E-state index in [4.69, 9.17) is 4.74 Å². The predicted octanol–water partition coefficient (Wildman–Crippen LogP) is 2.44. The summed E-state index contributed by atoms with van der Waals surface area (Å²) in [6.45, 7) is 5.57. The maximum Gasteiger partial charge on any atom is 0.410 e. The number of hydrogen-bond acceptors (Lipinski definition) is 4. The lowest BCUT2D eigenvalue weighted by Crippen LogP contribution is -2.60. The number of methoxy groups -OCH3 is 1. The molecule has 1 saturated heterocycles. The van der Waals surface area contributed by atoms with Crippen LogP contribution in [0.1, 0.15) is 34.1 Å². The van der Waals surface area contributed by atoms with E-state index in [2.05, 4.69) is 4.74 Å². The highest BCUT2D eigenvalue weighted by atomic mass is 19.3. The van der Waals surface area contributed by atoms with Crippen LogP contribution >= 0.6 is 0 Å². The normalized spacial score (nSPS) is 26.1. The minimum Gasteiger partial charge on any atom is -0.468 e. The summed E-state index contributed by atoms with van der Waals surface area (Å²) in [5.74, 6) is -4.26. The molecule has 20 heavy (non-hydrogen) atoms. The molecular weight excluding hydrogens is 272 g/mol. The second-order valence-electron chi connectivity index (χ2n) is 6.18. The Bertz CT molecular complexity index is 406. The number of amides is 1. The first-order valence-electron chi connectivity index (χ1n) is 6.37. The summed E-state index contributed by atoms with van der Waals surface area (Å²) in [5.41, 5.74) is -2.78. The molecule has 0 spiro atoms. The second kappa shape index (κ2) is 5.18. The number of likely N-dealkylation sites (tertiary alicyclic amines) is 1. The van der Waals surface area contributed by atoms with E-state index in [0.29, 0.717) is 0 Å². The van der Waals surface area contributed by atoms with Crippen LogP contribution in [-0.4, -0.2) is 48.7 Å². The van der Waals surface area contributed by atoms with Crippen LogP contribution in [0.25, 0.3) is 0 Å². The Kier molecular flexibility index (Phi) is 4.31. The van der Waals surface area contributed by atoms with Crippen LogP contribution in [0.3, 0.4) is 0 Å². The Morgan fingerprint density at radius 1 is 1.25 bits per heavy atom. The number of carbonyl (C=O) groups excluding carboxylic acids is 2. The standard InChI is InChI=1S/C13H21F2NO4/c1-11(2,3)20-10(18)16-7-6-13(14,15)12(4,8-16)9(17)19-5/h6-8H2,1-5H3. The second-order valence-corrected chi connectivity index (χ2v) is 6.18. The summed E-state index contributed by atoms with van der Waals surface area (Å²) >= 11 is 0. The van der Waals surface area contributed by atoms with Gasteiger partial charge in [-0.25, -0.2) is 13.6 Å². The van der Waals surface area contributed by atoms with Crippen molar-refractivity contribution in [1.29, 1.82) is 0 Å². The van der Waals surface area contributed by atoms with Crippen LogP contribution in [0.4, 0.5) is 13.6 Å². The first-order chi connectivity index (χ1) is 8.93. The van der Waals surface area contributed by atoms with Crippen molar-refractivity contribution in [2.24, 2.45) is 5.41 Å². The molecule has 0 saturated carbocycles. The van der Waals surface area contributed by atoms with Crippen molar-refractivity contribution >= 4 is 12.1 Å². The van der Waals surface area contributed by atoms with Crippen molar-refractivity contribution in [3.05, 3.63) is 0 Å². The Morgan fingerprint density at radius 3 is 2.25 bits per heavy atom. The largest absolute Gasteiger partial charge is 0.468 e. The summed E-state index contributed by atoms with van der Waals surface area (Å²) in [5, 5.41) is 0. The highest BCUT2D eigenvalue weighted by Crippen LogP contribution is 2.44.